The lowest BCUT2D eigenvalue weighted by Gasteiger charge is -2.21. The highest BCUT2D eigenvalue weighted by Crippen LogP contribution is 2.20. The van der Waals surface area contributed by atoms with E-state index in [2.05, 4.69) is 13.0 Å². The summed E-state index contributed by atoms with van der Waals surface area (Å²) in [7, 11) is 0. The Balaban J connectivity index is 1.85. The summed E-state index contributed by atoms with van der Waals surface area (Å²) in [6.07, 6.45) is 1.61. The quantitative estimate of drug-likeness (QED) is 0.738. The number of aryl methyl sites for hydroxylation is 1. The van der Waals surface area contributed by atoms with Crippen LogP contribution in [0.2, 0.25) is 0 Å². The Morgan fingerprint density at radius 1 is 1.17 bits per heavy atom. The first-order valence-corrected chi connectivity index (χ1v) is 8.54. The molecule has 0 bridgehead atoms. The van der Waals surface area contributed by atoms with Crippen LogP contribution in [0.4, 0.5) is 0 Å². The van der Waals surface area contributed by atoms with E-state index in [1.54, 1.807) is 46.8 Å². The molecular weight excluding hydrogens is 322 g/mol. The van der Waals surface area contributed by atoms with E-state index in [-0.39, 0.29) is 12.5 Å². The molecule has 1 amide bonds. The van der Waals surface area contributed by atoms with Crippen LogP contribution < -0.4 is 0 Å². The number of carbonyl (C=O) groups excluding carboxylic acids is 1. The van der Waals surface area contributed by atoms with Gasteiger partial charge in [0.05, 0.1) is 26.0 Å². The highest BCUT2D eigenvalue weighted by atomic mass is 32.1. The molecule has 24 heavy (non-hydrogen) atoms. The van der Waals surface area contributed by atoms with Gasteiger partial charge in [0.25, 0.3) is 5.91 Å². The number of benzene rings is 1. The summed E-state index contributed by atoms with van der Waals surface area (Å²) in [5.41, 5.74) is 1.30. The lowest BCUT2D eigenvalue weighted by atomic mass is 10.1. The topological polar surface area (TPSA) is 53.7 Å². The molecule has 2 heterocycles. The van der Waals surface area contributed by atoms with Gasteiger partial charge in [-0.15, -0.1) is 11.3 Å². The van der Waals surface area contributed by atoms with Crippen molar-refractivity contribution in [3.05, 3.63) is 81.4 Å². The van der Waals surface area contributed by atoms with Gasteiger partial charge in [-0.2, -0.15) is 0 Å². The molecular formula is C19H19NO3S. The van der Waals surface area contributed by atoms with Gasteiger partial charge in [-0.05, 0) is 48.9 Å². The summed E-state index contributed by atoms with van der Waals surface area (Å²) < 4.78 is 5.41. The second-order valence-electron chi connectivity index (χ2n) is 5.61. The molecule has 0 fully saturated rings. The molecule has 124 valence electrons. The highest BCUT2D eigenvalue weighted by Gasteiger charge is 2.18. The predicted octanol–water partition coefficient (Wildman–Crippen LogP) is 3.98. The molecule has 4 nitrogen and oxygen atoms in total. The number of furan rings is 1. The molecule has 0 unspecified atom stereocenters. The Morgan fingerprint density at radius 2 is 2.04 bits per heavy atom. The van der Waals surface area contributed by atoms with Crippen molar-refractivity contribution in [2.75, 3.05) is 0 Å². The molecule has 1 N–H and O–H groups in total. The number of nitrogens with zero attached hydrogens (tertiary/aromatic N) is 1. The first-order chi connectivity index (χ1) is 11.7. The van der Waals surface area contributed by atoms with Crippen molar-refractivity contribution in [1.82, 2.24) is 4.90 Å². The van der Waals surface area contributed by atoms with Gasteiger partial charge in [-0.1, -0.05) is 12.1 Å². The number of aliphatic hydroxyl groups is 1. The Hall–Kier alpha value is -2.37. The van der Waals surface area contributed by atoms with Gasteiger partial charge < -0.3 is 14.4 Å². The third kappa shape index (κ3) is 3.93. The molecule has 5 heteroatoms. The van der Waals surface area contributed by atoms with Gasteiger partial charge in [-0.25, -0.2) is 0 Å². The predicted molar refractivity (Wildman–Crippen MR) is 93.7 cm³/mol. The van der Waals surface area contributed by atoms with Gasteiger partial charge in [-0.3, -0.25) is 4.79 Å². The third-order valence-electron chi connectivity index (χ3n) is 3.71. The monoisotopic (exact) mass is 341 g/mol. The van der Waals surface area contributed by atoms with Crippen LogP contribution in [0.5, 0.6) is 0 Å². The van der Waals surface area contributed by atoms with E-state index in [4.69, 9.17) is 4.42 Å². The maximum absolute atomic E-state index is 13.0. The maximum atomic E-state index is 13.0. The lowest BCUT2D eigenvalue weighted by Crippen LogP contribution is -2.29. The molecule has 0 saturated carbocycles. The number of carbonyl (C=O) groups is 1. The van der Waals surface area contributed by atoms with Gasteiger partial charge in [0.15, 0.2) is 0 Å². The Kier molecular flexibility index (Phi) is 5.13. The number of rotatable bonds is 6. The first kappa shape index (κ1) is 16.5. The summed E-state index contributed by atoms with van der Waals surface area (Å²) in [5, 5.41) is 9.29. The summed E-state index contributed by atoms with van der Waals surface area (Å²) in [4.78, 5) is 17.1. The minimum Gasteiger partial charge on any atom is -0.467 e. The van der Waals surface area contributed by atoms with Crippen molar-refractivity contribution in [2.45, 2.75) is 26.6 Å². The normalized spacial score (nSPS) is 10.8. The van der Waals surface area contributed by atoms with E-state index < -0.39 is 0 Å². The average Bonchev–Trinajstić information content (AvgIpc) is 3.25. The molecule has 0 saturated heterocycles. The van der Waals surface area contributed by atoms with Crippen LogP contribution in [0.1, 0.15) is 31.4 Å². The van der Waals surface area contributed by atoms with Crippen molar-refractivity contribution in [1.29, 1.82) is 0 Å². The molecule has 3 aromatic rings. The lowest BCUT2D eigenvalue weighted by molar-refractivity contribution is 0.0719. The summed E-state index contributed by atoms with van der Waals surface area (Å²) >= 11 is 1.68. The van der Waals surface area contributed by atoms with Crippen LogP contribution in [0.25, 0.3) is 0 Å². The zero-order chi connectivity index (χ0) is 16.9. The number of thiophene rings is 1. The minimum atomic E-state index is -0.0799. The molecule has 0 atom stereocenters. The van der Waals surface area contributed by atoms with Gasteiger partial charge >= 0.3 is 0 Å². The molecule has 0 aliphatic carbocycles. The third-order valence-corrected chi connectivity index (χ3v) is 4.70. The van der Waals surface area contributed by atoms with Crippen LogP contribution in [-0.2, 0) is 19.7 Å². The molecule has 0 radical (unpaired) electrons. The van der Waals surface area contributed by atoms with Crippen LogP contribution in [0, 0.1) is 6.92 Å². The van der Waals surface area contributed by atoms with Crippen molar-refractivity contribution in [2.24, 2.45) is 0 Å². The van der Waals surface area contributed by atoms with E-state index in [0.29, 0.717) is 18.7 Å². The number of amides is 1. The largest absolute Gasteiger partial charge is 0.467 e. The Labute approximate surface area is 145 Å². The molecule has 3 rings (SSSR count). The maximum Gasteiger partial charge on any atom is 0.254 e. The summed E-state index contributed by atoms with van der Waals surface area (Å²) in [6.45, 7) is 2.91. The van der Waals surface area contributed by atoms with E-state index in [1.807, 2.05) is 18.2 Å². The molecule has 1 aromatic carbocycles. The van der Waals surface area contributed by atoms with E-state index >= 15 is 0 Å². The smallest absolute Gasteiger partial charge is 0.254 e. The highest BCUT2D eigenvalue weighted by molar-refractivity contribution is 7.11. The van der Waals surface area contributed by atoms with Crippen molar-refractivity contribution >= 4 is 17.2 Å². The molecule has 0 aliphatic heterocycles. The summed E-state index contributed by atoms with van der Waals surface area (Å²) in [6, 6.07) is 14.9. The van der Waals surface area contributed by atoms with Crippen LogP contribution >= 0.6 is 11.3 Å². The van der Waals surface area contributed by atoms with Crippen molar-refractivity contribution in [3.63, 3.8) is 0 Å². The van der Waals surface area contributed by atoms with Crippen molar-refractivity contribution in [3.8, 4) is 0 Å². The average molecular weight is 341 g/mol. The van der Waals surface area contributed by atoms with Crippen LogP contribution in [0.15, 0.2) is 59.2 Å². The Morgan fingerprint density at radius 3 is 2.71 bits per heavy atom. The SMILES string of the molecule is Cc1ccc(CN(Cc2ccco2)C(=O)c2cccc(CO)c2)s1. The van der Waals surface area contributed by atoms with Gasteiger partial charge in [0, 0.05) is 15.3 Å². The van der Waals surface area contributed by atoms with Gasteiger partial charge in [0.2, 0.25) is 0 Å². The fraction of sp³-hybridized carbons (Fsp3) is 0.211. The fourth-order valence-electron chi connectivity index (χ4n) is 2.53. The second kappa shape index (κ2) is 7.47. The fourth-order valence-corrected chi connectivity index (χ4v) is 3.44. The minimum absolute atomic E-state index is 0.0762. The number of aliphatic hydroxyl groups excluding tert-OH is 1. The molecule has 0 spiro atoms. The standard InChI is InChI=1S/C19H19NO3S/c1-14-7-8-18(24-14)12-20(11-17-6-3-9-23-17)19(22)16-5-2-4-15(10-16)13-21/h2-10,21H,11-13H2,1H3. The van der Waals surface area contributed by atoms with E-state index in [1.165, 1.54) is 4.88 Å². The Bertz CT molecular complexity index is 808. The number of hydrogen-bond donors (Lipinski definition) is 1. The summed E-state index contributed by atoms with van der Waals surface area (Å²) in [5.74, 6) is 0.669. The molecule has 0 aliphatic rings. The van der Waals surface area contributed by atoms with E-state index in [0.717, 1.165) is 16.2 Å². The van der Waals surface area contributed by atoms with Gasteiger partial charge in [0.1, 0.15) is 5.76 Å². The molecule has 2 aromatic heterocycles. The first-order valence-electron chi connectivity index (χ1n) is 7.72. The number of hydrogen-bond acceptors (Lipinski definition) is 4. The zero-order valence-corrected chi connectivity index (χ0v) is 14.3. The van der Waals surface area contributed by atoms with Crippen molar-refractivity contribution < 1.29 is 14.3 Å². The second-order valence-corrected chi connectivity index (χ2v) is 6.98. The zero-order valence-electron chi connectivity index (χ0n) is 13.4. The van der Waals surface area contributed by atoms with Crippen LogP contribution in [0.3, 0.4) is 0 Å². The van der Waals surface area contributed by atoms with E-state index in [9.17, 15) is 9.90 Å². The van der Waals surface area contributed by atoms with Crippen LogP contribution in [-0.4, -0.2) is 15.9 Å².